The first-order chi connectivity index (χ1) is 16.5. The van der Waals surface area contributed by atoms with Gasteiger partial charge in [0.05, 0.1) is 14.2 Å². The van der Waals surface area contributed by atoms with Crippen LogP contribution < -0.4 is 14.8 Å². The number of ether oxygens (including phenoxy) is 2. The Morgan fingerprint density at radius 3 is 2.47 bits per heavy atom. The van der Waals surface area contributed by atoms with Crippen LogP contribution in [0.25, 0.3) is 6.08 Å². The zero-order chi connectivity index (χ0) is 23.9. The molecule has 1 unspecified atom stereocenters. The molecule has 0 spiro atoms. The highest BCUT2D eigenvalue weighted by Gasteiger charge is 2.58. The number of phenols is 1. The fourth-order valence-corrected chi connectivity index (χ4v) is 5.66. The van der Waals surface area contributed by atoms with Crippen LogP contribution in [0.2, 0.25) is 0 Å². The predicted molar refractivity (Wildman–Crippen MR) is 127 cm³/mol. The van der Waals surface area contributed by atoms with E-state index in [4.69, 9.17) is 9.47 Å². The summed E-state index contributed by atoms with van der Waals surface area (Å²) in [6.45, 7) is 0.409. The van der Waals surface area contributed by atoms with Gasteiger partial charge in [-0.2, -0.15) is 0 Å². The largest absolute Gasteiger partial charge is 0.502 e. The summed E-state index contributed by atoms with van der Waals surface area (Å²) in [7, 11) is 2.92. The van der Waals surface area contributed by atoms with Gasteiger partial charge in [-0.15, -0.1) is 0 Å². The number of fused-ring (bicyclic) bond motifs is 3. The molecule has 3 aliphatic rings. The van der Waals surface area contributed by atoms with Gasteiger partial charge < -0.3 is 24.8 Å². The van der Waals surface area contributed by atoms with Crippen LogP contribution in [0.1, 0.15) is 55.2 Å². The van der Waals surface area contributed by atoms with Gasteiger partial charge in [0, 0.05) is 24.6 Å². The fraction of sp³-hybridized carbons (Fsp3) is 0.407. The van der Waals surface area contributed by atoms with Gasteiger partial charge in [-0.3, -0.25) is 9.59 Å². The summed E-state index contributed by atoms with van der Waals surface area (Å²) in [4.78, 5) is 29.2. The number of amides is 2. The molecule has 178 valence electrons. The highest BCUT2D eigenvalue weighted by atomic mass is 16.5. The molecule has 2 heterocycles. The van der Waals surface area contributed by atoms with Crippen molar-refractivity contribution in [2.45, 2.75) is 56.7 Å². The standard InChI is InChI=1S/C27H30N2O5/c1-33-22-13-17(14-23(34-2)24(22)30)12-19-15-27(26(32)28-20-9-4-3-5-10-20)21-11-7-6-8-18(21)16-29(27)25(19)31/h6-8,11-14,20,30H,3-5,9-10,15-16H2,1-2H3,(H,28,32)/b19-12-. The molecule has 2 amide bonds. The lowest BCUT2D eigenvalue weighted by atomic mass is 9.84. The molecule has 7 nitrogen and oxygen atoms in total. The maximum atomic E-state index is 13.9. The molecule has 34 heavy (non-hydrogen) atoms. The molecule has 2 aromatic carbocycles. The maximum Gasteiger partial charge on any atom is 0.251 e. The minimum Gasteiger partial charge on any atom is -0.502 e. The van der Waals surface area contributed by atoms with E-state index in [2.05, 4.69) is 5.32 Å². The highest BCUT2D eigenvalue weighted by Crippen LogP contribution is 2.50. The molecule has 2 aromatic rings. The Kier molecular flexibility index (Phi) is 5.71. The zero-order valence-electron chi connectivity index (χ0n) is 19.6. The van der Waals surface area contributed by atoms with Gasteiger partial charge in [-0.25, -0.2) is 0 Å². The van der Waals surface area contributed by atoms with E-state index in [0.29, 0.717) is 17.7 Å². The molecular weight excluding hydrogens is 432 g/mol. The molecule has 0 radical (unpaired) electrons. The summed E-state index contributed by atoms with van der Waals surface area (Å²) in [6.07, 6.45) is 7.45. The monoisotopic (exact) mass is 462 g/mol. The Morgan fingerprint density at radius 1 is 1.12 bits per heavy atom. The van der Waals surface area contributed by atoms with Crippen LogP contribution in [-0.4, -0.2) is 42.1 Å². The molecule has 2 aliphatic heterocycles. The molecule has 7 heteroatoms. The Balaban J connectivity index is 1.54. The Hall–Kier alpha value is -3.48. The second-order valence-corrected chi connectivity index (χ2v) is 9.34. The van der Waals surface area contributed by atoms with Crippen molar-refractivity contribution in [1.82, 2.24) is 10.2 Å². The average Bonchev–Trinajstić information content (AvgIpc) is 3.33. The third kappa shape index (κ3) is 3.50. The zero-order valence-corrected chi connectivity index (χ0v) is 19.6. The number of rotatable bonds is 5. The number of hydrogen-bond donors (Lipinski definition) is 2. The van der Waals surface area contributed by atoms with Crippen LogP contribution in [0.15, 0.2) is 42.0 Å². The van der Waals surface area contributed by atoms with Crippen LogP contribution in [-0.2, 0) is 21.7 Å². The van der Waals surface area contributed by atoms with E-state index in [1.807, 2.05) is 24.3 Å². The molecule has 0 bridgehead atoms. The van der Waals surface area contributed by atoms with Crippen LogP contribution in [0.4, 0.5) is 0 Å². The van der Waals surface area contributed by atoms with Gasteiger partial charge in [0.15, 0.2) is 17.0 Å². The average molecular weight is 463 g/mol. The third-order valence-electron chi connectivity index (χ3n) is 7.38. The third-order valence-corrected chi connectivity index (χ3v) is 7.38. The van der Waals surface area contributed by atoms with Crippen molar-refractivity contribution < 1.29 is 24.2 Å². The number of hydrogen-bond acceptors (Lipinski definition) is 5. The lowest BCUT2D eigenvalue weighted by molar-refractivity contribution is -0.141. The molecule has 5 rings (SSSR count). The molecule has 0 aromatic heterocycles. The van der Waals surface area contributed by atoms with Crippen molar-refractivity contribution in [3.8, 4) is 17.2 Å². The van der Waals surface area contributed by atoms with Crippen LogP contribution in [0.5, 0.6) is 17.2 Å². The summed E-state index contributed by atoms with van der Waals surface area (Å²) in [5.41, 5.74) is 2.08. The van der Waals surface area contributed by atoms with Crippen molar-refractivity contribution >= 4 is 17.9 Å². The van der Waals surface area contributed by atoms with Crippen molar-refractivity contribution in [3.63, 3.8) is 0 Å². The van der Waals surface area contributed by atoms with E-state index in [9.17, 15) is 14.7 Å². The minimum absolute atomic E-state index is 0.0947. The second kappa shape index (κ2) is 8.70. The number of benzene rings is 2. The predicted octanol–water partition coefficient (Wildman–Crippen LogP) is 3.88. The van der Waals surface area contributed by atoms with Crippen molar-refractivity contribution in [3.05, 3.63) is 58.7 Å². The number of nitrogens with zero attached hydrogens (tertiary/aromatic N) is 1. The highest BCUT2D eigenvalue weighted by molar-refractivity contribution is 6.08. The summed E-state index contributed by atoms with van der Waals surface area (Å²) < 4.78 is 10.5. The lowest BCUT2D eigenvalue weighted by Crippen LogP contribution is -2.53. The van der Waals surface area contributed by atoms with Crippen LogP contribution in [0.3, 0.4) is 0 Å². The molecule has 2 N–H and O–H groups in total. The molecule has 1 saturated heterocycles. The van der Waals surface area contributed by atoms with E-state index >= 15 is 0 Å². The number of carbonyl (C=O) groups is 2. The van der Waals surface area contributed by atoms with E-state index < -0.39 is 5.54 Å². The summed E-state index contributed by atoms with van der Waals surface area (Å²) >= 11 is 0. The van der Waals surface area contributed by atoms with E-state index in [1.54, 1.807) is 23.1 Å². The molecule has 1 atom stereocenters. The number of phenolic OH excluding ortho intramolecular Hbond substituents is 1. The summed E-state index contributed by atoms with van der Waals surface area (Å²) in [6, 6.07) is 11.3. The molecule has 1 saturated carbocycles. The first-order valence-electron chi connectivity index (χ1n) is 11.8. The van der Waals surface area contributed by atoms with Gasteiger partial charge in [0.25, 0.3) is 11.8 Å². The number of aromatic hydroxyl groups is 1. The topological polar surface area (TPSA) is 88.1 Å². The van der Waals surface area contributed by atoms with Gasteiger partial charge >= 0.3 is 0 Å². The van der Waals surface area contributed by atoms with Crippen molar-refractivity contribution in [2.75, 3.05) is 14.2 Å². The maximum absolute atomic E-state index is 13.9. The summed E-state index contributed by atoms with van der Waals surface area (Å²) in [5.74, 6) is 0.172. The van der Waals surface area contributed by atoms with Gasteiger partial charge in [0.1, 0.15) is 0 Å². The van der Waals surface area contributed by atoms with Gasteiger partial charge in [0.2, 0.25) is 5.75 Å². The first-order valence-corrected chi connectivity index (χ1v) is 11.8. The van der Waals surface area contributed by atoms with Gasteiger partial charge in [-0.05, 0) is 47.7 Å². The quantitative estimate of drug-likeness (QED) is 0.659. The number of nitrogens with one attached hydrogen (secondary N) is 1. The molecule has 2 fully saturated rings. The van der Waals surface area contributed by atoms with Gasteiger partial charge in [-0.1, -0.05) is 43.5 Å². The van der Waals surface area contributed by atoms with E-state index in [0.717, 1.165) is 36.8 Å². The van der Waals surface area contributed by atoms with Crippen molar-refractivity contribution in [2.24, 2.45) is 0 Å². The first kappa shape index (κ1) is 22.3. The Labute approximate surface area is 199 Å². The Bertz CT molecular complexity index is 1140. The Morgan fingerprint density at radius 2 is 1.79 bits per heavy atom. The number of methoxy groups -OCH3 is 2. The lowest BCUT2D eigenvalue weighted by Gasteiger charge is -2.34. The fourth-order valence-electron chi connectivity index (χ4n) is 5.66. The molecule has 1 aliphatic carbocycles. The SMILES string of the molecule is COc1cc(/C=C2/CC3(C(=O)NC4CCCCC4)c4ccccc4CN3C2=O)cc(OC)c1O. The normalized spacial score (nSPS) is 23.1. The van der Waals surface area contributed by atoms with E-state index in [1.165, 1.54) is 20.6 Å². The van der Waals surface area contributed by atoms with Crippen molar-refractivity contribution in [1.29, 1.82) is 0 Å². The second-order valence-electron chi connectivity index (χ2n) is 9.34. The van der Waals surface area contributed by atoms with E-state index in [-0.39, 0.29) is 41.5 Å². The molecular formula is C27H30N2O5. The minimum atomic E-state index is -1.04. The number of carbonyl (C=O) groups excluding carboxylic acids is 2. The van der Waals surface area contributed by atoms with Crippen LogP contribution >= 0.6 is 0 Å². The van der Waals surface area contributed by atoms with Crippen LogP contribution in [0, 0.1) is 0 Å². The summed E-state index contributed by atoms with van der Waals surface area (Å²) in [5, 5.41) is 13.5. The smallest absolute Gasteiger partial charge is 0.251 e.